The van der Waals surface area contributed by atoms with Crippen molar-refractivity contribution in [2.75, 3.05) is 6.61 Å². The van der Waals surface area contributed by atoms with Crippen molar-refractivity contribution in [2.24, 2.45) is 11.8 Å². The minimum Gasteiger partial charge on any atom is -0.396 e. The monoisotopic (exact) mass is 250 g/mol. The summed E-state index contributed by atoms with van der Waals surface area (Å²) in [5.74, 6) is -6.70. The highest BCUT2D eigenvalue weighted by molar-refractivity contribution is 5.05. The van der Waals surface area contributed by atoms with E-state index in [1.807, 2.05) is 0 Å². The Hall–Kier alpha value is -1.57. The third kappa shape index (κ3) is 1.88. The van der Waals surface area contributed by atoms with Gasteiger partial charge in [0, 0.05) is 6.54 Å². The van der Waals surface area contributed by atoms with Gasteiger partial charge in [0.25, 0.3) is 11.5 Å². The van der Waals surface area contributed by atoms with Gasteiger partial charge in [-0.1, -0.05) is 0 Å². The summed E-state index contributed by atoms with van der Waals surface area (Å²) in [7, 11) is 0. The topological polar surface area (TPSA) is 75.1 Å². The van der Waals surface area contributed by atoms with Crippen LogP contribution < -0.4 is 11.2 Å². The maximum atomic E-state index is 13.0. The molecule has 0 aromatic carbocycles. The summed E-state index contributed by atoms with van der Waals surface area (Å²) in [6.45, 7) is -1.14. The van der Waals surface area contributed by atoms with Crippen molar-refractivity contribution in [1.82, 2.24) is 9.55 Å². The van der Waals surface area contributed by atoms with Crippen molar-refractivity contribution in [3.05, 3.63) is 32.9 Å². The van der Waals surface area contributed by atoms with Crippen molar-refractivity contribution < 1.29 is 18.3 Å². The van der Waals surface area contributed by atoms with Gasteiger partial charge in [0.1, 0.15) is 0 Å². The Kier molecular flexibility index (Phi) is 2.61. The van der Waals surface area contributed by atoms with Crippen molar-refractivity contribution in [2.45, 2.75) is 12.5 Å². The van der Waals surface area contributed by atoms with Gasteiger partial charge in [0.2, 0.25) is 5.82 Å². The highest BCUT2D eigenvalue weighted by Gasteiger charge is 2.67. The summed E-state index contributed by atoms with van der Waals surface area (Å²) >= 11 is 0. The molecule has 0 spiro atoms. The van der Waals surface area contributed by atoms with Crippen LogP contribution in [-0.4, -0.2) is 27.2 Å². The fourth-order valence-electron chi connectivity index (χ4n) is 1.79. The molecule has 0 saturated heterocycles. The molecule has 0 radical (unpaired) electrons. The first-order valence-electron chi connectivity index (χ1n) is 4.86. The van der Waals surface area contributed by atoms with E-state index in [9.17, 15) is 22.8 Å². The van der Waals surface area contributed by atoms with Crippen molar-refractivity contribution in [1.29, 1.82) is 0 Å². The molecule has 2 N–H and O–H groups in total. The van der Waals surface area contributed by atoms with Gasteiger partial charge in [-0.05, 0) is 0 Å². The standard InChI is InChI=1S/C9H9F3N2O3/c10-6-2-14(8(17)13-7(6)16)1-4-5(3-15)9(4,11)12/h2,4-5,15H,1,3H2,(H,13,16,17)/t4-,5-/m0/s1. The summed E-state index contributed by atoms with van der Waals surface area (Å²) in [6.07, 6.45) is 0.587. The number of hydrogen-bond acceptors (Lipinski definition) is 3. The zero-order valence-electron chi connectivity index (χ0n) is 8.49. The second-order valence-electron chi connectivity index (χ2n) is 3.96. The van der Waals surface area contributed by atoms with Gasteiger partial charge in [0.15, 0.2) is 0 Å². The number of aliphatic hydroxyl groups excluding tert-OH is 1. The summed E-state index contributed by atoms with van der Waals surface area (Å²) in [5, 5.41) is 8.66. The van der Waals surface area contributed by atoms with Crippen LogP contribution in [-0.2, 0) is 6.54 Å². The Morgan fingerprint density at radius 3 is 2.59 bits per heavy atom. The van der Waals surface area contributed by atoms with Gasteiger partial charge in [-0.2, -0.15) is 4.39 Å². The first-order valence-corrected chi connectivity index (χ1v) is 4.86. The van der Waals surface area contributed by atoms with Crippen LogP contribution in [0.5, 0.6) is 0 Å². The van der Waals surface area contributed by atoms with E-state index in [4.69, 9.17) is 5.11 Å². The molecule has 0 amide bonds. The lowest BCUT2D eigenvalue weighted by Gasteiger charge is -2.03. The van der Waals surface area contributed by atoms with Crippen LogP contribution in [0.2, 0.25) is 0 Å². The number of nitrogens with zero attached hydrogens (tertiary/aromatic N) is 1. The Bertz CT molecular complexity index is 551. The highest BCUT2D eigenvalue weighted by atomic mass is 19.3. The quantitative estimate of drug-likeness (QED) is 0.763. The van der Waals surface area contributed by atoms with Crippen LogP contribution in [0.25, 0.3) is 0 Å². The first-order chi connectivity index (χ1) is 7.87. The van der Waals surface area contributed by atoms with Crippen LogP contribution in [0.3, 0.4) is 0 Å². The van der Waals surface area contributed by atoms with Crippen LogP contribution in [0.1, 0.15) is 0 Å². The van der Waals surface area contributed by atoms with E-state index in [2.05, 4.69) is 0 Å². The van der Waals surface area contributed by atoms with Crippen molar-refractivity contribution in [3.8, 4) is 0 Å². The largest absolute Gasteiger partial charge is 0.396 e. The molecule has 5 nitrogen and oxygen atoms in total. The lowest BCUT2D eigenvalue weighted by atomic mass is 10.3. The SMILES string of the molecule is O=c1[nH]c(=O)n(C[C@H]2[C@H](CO)C2(F)F)cc1F. The summed E-state index contributed by atoms with van der Waals surface area (Å²) < 4.78 is 39.6. The zero-order chi connectivity index (χ0) is 12.8. The molecule has 1 heterocycles. The van der Waals surface area contributed by atoms with E-state index in [0.717, 1.165) is 0 Å². The smallest absolute Gasteiger partial charge is 0.328 e. The van der Waals surface area contributed by atoms with Gasteiger partial charge in [-0.15, -0.1) is 0 Å². The number of alkyl halides is 2. The molecular weight excluding hydrogens is 241 g/mol. The van der Waals surface area contributed by atoms with E-state index in [1.165, 1.54) is 0 Å². The minimum absolute atomic E-state index is 0.440. The molecule has 8 heteroatoms. The summed E-state index contributed by atoms with van der Waals surface area (Å²) in [5.41, 5.74) is -2.14. The third-order valence-corrected chi connectivity index (χ3v) is 2.92. The number of rotatable bonds is 3. The molecule has 1 saturated carbocycles. The van der Waals surface area contributed by atoms with Gasteiger partial charge in [-0.3, -0.25) is 14.3 Å². The minimum atomic E-state index is -3.05. The van der Waals surface area contributed by atoms with Crippen molar-refractivity contribution >= 4 is 0 Å². The molecule has 2 atom stereocenters. The number of aromatic amines is 1. The molecule has 1 aliphatic carbocycles. The van der Waals surface area contributed by atoms with Crippen LogP contribution in [0.15, 0.2) is 15.8 Å². The van der Waals surface area contributed by atoms with E-state index in [1.54, 1.807) is 4.98 Å². The van der Waals surface area contributed by atoms with Gasteiger partial charge in [0.05, 0.1) is 24.6 Å². The molecule has 1 aromatic rings. The molecular formula is C9H9F3N2O3. The number of nitrogens with one attached hydrogen (secondary N) is 1. The Morgan fingerprint density at radius 1 is 1.41 bits per heavy atom. The average molecular weight is 250 g/mol. The van der Waals surface area contributed by atoms with Gasteiger partial charge >= 0.3 is 5.69 Å². The molecule has 1 aromatic heterocycles. The predicted octanol–water partition coefficient (Wildman–Crippen LogP) is -0.451. The molecule has 1 aliphatic rings. The van der Waals surface area contributed by atoms with Crippen molar-refractivity contribution in [3.63, 3.8) is 0 Å². The Morgan fingerprint density at radius 2 is 2.06 bits per heavy atom. The van der Waals surface area contributed by atoms with Gasteiger partial charge in [-0.25, -0.2) is 13.6 Å². The summed E-state index contributed by atoms with van der Waals surface area (Å²) in [6, 6.07) is 0. The number of aromatic nitrogens is 2. The predicted molar refractivity (Wildman–Crippen MR) is 50.3 cm³/mol. The molecule has 1 fully saturated rings. The fraction of sp³-hybridized carbons (Fsp3) is 0.556. The Balaban J connectivity index is 2.24. The molecule has 17 heavy (non-hydrogen) atoms. The molecule has 0 unspecified atom stereocenters. The van der Waals surface area contributed by atoms with Crippen LogP contribution in [0, 0.1) is 17.7 Å². The molecule has 94 valence electrons. The Labute approximate surface area is 92.5 Å². The average Bonchev–Trinajstić information content (AvgIpc) is 2.76. The lowest BCUT2D eigenvalue weighted by molar-refractivity contribution is 0.0700. The maximum Gasteiger partial charge on any atom is 0.328 e. The molecule has 2 rings (SSSR count). The number of hydrogen-bond donors (Lipinski definition) is 2. The highest BCUT2D eigenvalue weighted by Crippen LogP contribution is 2.55. The number of aliphatic hydroxyl groups is 1. The van der Waals surface area contributed by atoms with Gasteiger partial charge < -0.3 is 5.11 Å². The van der Waals surface area contributed by atoms with E-state index in [-0.39, 0.29) is 0 Å². The number of halogens is 3. The second-order valence-corrected chi connectivity index (χ2v) is 3.96. The molecule has 0 aliphatic heterocycles. The number of H-pyrrole nitrogens is 1. The lowest BCUT2D eigenvalue weighted by Crippen LogP contribution is -2.32. The summed E-state index contributed by atoms with van der Waals surface area (Å²) in [4.78, 5) is 23.6. The third-order valence-electron chi connectivity index (χ3n) is 2.92. The van der Waals surface area contributed by atoms with E-state index >= 15 is 0 Å². The first kappa shape index (κ1) is 11.9. The molecule has 0 bridgehead atoms. The van der Waals surface area contributed by atoms with E-state index in [0.29, 0.717) is 10.8 Å². The zero-order valence-corrected chi connectivity index (χ0v) is 8.49. The second kappa shape index (κ2) is 3.73. The van der Waals surface area contributed by atoms with E-state index < -0.39 is 48.0 Å². The normalized spacial score (nSPS) is 25.9. The maximum absolute atomic E-state index is 13.0. The van der Waals surface area contributed by atoms with Crippen LogP contribution in [0.4, 0.5) is 13.2 Å². The fourth-order valence-corrected chi connectivity index (χ4v) is 1.79. The van der Waals surface area contributed by atoms with Crippen LogP contribution >= 0.6 is 0 Å².